The Morgan fingerprint density at radius 1 is 1.46 bits per heavy atom. The molecule has 0 spiro atoms. The smallest absolute Gasteiger partial charge is 0.122 e. The highest BCUT2D eigenvalue weighted by atomic mass is 79.9. The third-order valence-corrected chi connectivity index (χ3v) is 2.27. The van der Waals surface area contributed by atoms with Gasteiger partial charge in [-0.1, -0.05) is 28.1 Å². The van der Waals surface area contributed by atoms with Crippen molar-refractivity contribution in [2.45, 2.75) is 6.42 Å². The van der Waals surface area contributed by atoms with Crippen molar-refractivity contribution in [2.24, 2.45) is 0 Å². The highest BCUT2D eigenvalue weighted by Gasteiger charge is 1.96. The molecule has 0 amide bonds. The first-order valence-corrected chi connectivity index (χ1v) is 5.28. The van der Waals surface area contributed by atoms with Gasteiger partial charge in [-0.05, 0) is 24.6 Å². The third-order valence-electron chi connectivity index (χ3n) is 1.56. The highest BCUT2D eigenvalue weighted by Crippen LogP contribution is 2.22. The molecule has 0 aromatic heterocycles. The first-order chi connectivity index (χ1) is 6.24. The van der Waals surface area contributed by atoms with Crippen LogP contribution in [0, 0.1) is 0 Å². The predicted molar refractivity (Wildman–Crippen MR) is 60.2 cm³/mol. The molecule has 13 heavy (non-hydrogen) atoms. The second kappa shape index (κ2) is 5.30. The fourth-order valence-electron chi connectivity index (χ4n) is 0.932. The van der Waals surface area contributed by atoms with Crippen LogP contribution in [0.2, 0.25) is 0 Å². The number of rotatable bonds is 3. The van der Waals surface area contributed by atoms with Crippen molar-refractivity contribution < 1.29 is 5.11 Å². The van der Waals surface area contributed by atoms with Crippen LogP contribution in [0.25, 0.3) is 6.08 Å². The summed E-state index contributed by atoms with van der Waals surface area (Å²) >= 11 is 8.85. The van der Waals surface area contributed by atoms with Crippen molar-refractivity contribution in [3.63, 3.8) is 0 Å². The second-order valence-corrected chi connectivity index (χ2v) is 3.88. The average molecular weight is 262 g/mol. The summed E-state index contributed by atoms with van der Waals surface area (Å²) in [5.41, 5.74) is 0.805. The molecule has 1 aromatic carbocycles. The van der Waals surface area contributed by atoms with E-state index in [0.29, 0.717) is 5.88 Å². The lowest BCUT2D eigenvalue weighted by molar-refractivity contribution is 0.474. The number of halogens is 2. The van der Waals surface area contributed by atoms with Crippen LogP contribution in [-0.2, 0) is 0 Å². The Hall–Kier alpha value is -0.470. The summed E-state index contributed by atoms with van der Waals surface area (Å²) in [6, 6.07) is 5.32. The largest absolute Gasteiger partial charge is 0.507 e. The van der Waals surface area contributed by atoms with Crippen LogP contribution >= 0.6 is 27.5 Å². The average Bonchev–Trinajstić information content (AvgIpc) is 2.11. The maximum atomic E-state index is 9.43. The van der Waals surface area contributed by atoms with E-state index in [-0.39, 0.29) is 5.75 Å². The molecule has 0 heterocycles. The number of phenols is 1. The van der Waals surface area contributed by atoms with Gasteiger partial charge in [-0.2, -0.15) is 0 Å². The van der Waals surface area contributed by atoms with Crippen molar-refractivity contribution in [3.05, 3.63) is 34.3 Å². The molecule has 0 aliphatic heterocycles. The van der Waals surface area contributed by atoms with Gasteiger partial charge in [0, 0.05) is 15.9 Å². The lowest BCUT2D eigenvalue weighted by Crippen LogP contribution is -1.75. The minimum absolute atomic E-state index is 0.286. The van der Waals surface area contributed by atoms with Crippen LogP contribution < -0.4 is 0 Å². The minimum atomic E-state index is 0.286. The summed E-state index contributed by atoms with van der Waals surface area (Å²) in [6.07, 6.45) is 4.62. The zero-order valence-corrected chi connectivity index (χ0v) is 9.35. The van der Waals surface area contributed by atoms with E-state index in [4.69, 9.17) is 11.6 Å². The van der Waals surface area contributed by atoms with Crippen LogP contribution in [0.4, 0.5) is 0 Å². The fraction of sp³-hybridized carbons (Fsp3) is 0.200. The number of hydrogen-bond acceptors (Lipinski definition) is 1. The Morgan fingerprint density at radius 3 is 2.92 bits per heavy atom. The van der Waals surface area contributed by atoms with Crippen LogP contribution in [0.5, 0.6) is 5.75 Å². The Balaban J connectivity index is 2.81. The Bertz CT molecular complexity index is 310. The van der Waals surface area contributed by atoms with Crippen LogP contribution in [-0.4, -0.2) is 11.0 Å². The lowest BCUT2D eigenvalue weighted by atomic mass is 10.2. The van der Waals surface area contributed by atoms with Gasteiger partial charge in [-0.25, -0.2) is 0 Å². The number of hydrogen-bond donors (Lipinski definition) is 1. The van der Waals surface area contributed by atoms with Gasteiger partial charge in [-0.15, -0.1) is 11.6 Å². The van der Waals surface area contributed by atoms with Crippen molar-refractivity contribution in [2.75, 3.05) is 5.88 Å². The van der Waals surface area contributed by atoms with E-state index in [9.17, 15) is 5.11 Å². The summed E-state index contributed by atoms with van der Waals surface area (Å²) in [4.78, 5) is 0. The minimum Gasteiger partial charge on any atom is -0.507 e. The molecule has 1 rings (SSSR count). The Labute approximate surface area is 91.2 Å². The first-order valence-electron chi connectivity index (χ1n) is 3.95. The Kier molecular flexibility index (Phi) is 4.33. The van der Waals surface area contributed by atoms with Gasteiger partial charge in [0.25, 0.3) is 0 Å². The molecule has 0 aliphatic carbocycles. The molecule has 0 saturated carbocycles. The van der Waals surface area contributed by atoms with Gasteiger partial charge >= 0.3 is 0 Å². The number of allylic oxidation sites excluding steroid dienone is 1. The molecule has 3 heteroatoms. The molecule has 1 N–H and O–H groups in total. The van der Waals surface area contributed by atoms with E-state index < -0.39 is 0 Å². The summed E-state index contributed by atoms with van der Waals surface area (Å²) in [6.45, 7) is 0. The quantitative estimate of drug-likeness (QED) is 0.821. The monoisotopic (exact) mass is 260 g/mol. The normalized spacial score (nSPS) is 10.9. The molecule has 0 bridgehead atoms. The van der Waals surface area contributed by atoms with Gasteiger partial charge in [-0.3, -0.25) is 0 Å². The SMILES string of the molecule is Oc1ccc(Br)cc1C=CCCCl. The summed E-state index contributed by atoms with van der Waals surface area (Å²) in [5, 5.41) is 9.43. The Morgan fingerprint density at radius 2 is 2.23 bits per heavy atom. The van der Waals surface area contributed by atoms with Crippen LogP contribution in [0.15, 0.2) is 28.7 Å². The third kappa shape index (κ3) is 3.41. The maximum Gasteiger partial charge on any atom is 0.122 e. The second-order valence-electron chi connectivity index (χ2n) is 2.58. The van der Waals surface area contributed by atoms with Crippen molar-refractivity contribution in [3.8, 4) is 5.75 Å². The molecule has 70 valence electrons. The lowest BCUT2D eigenvalue weighted by Gasteiger charge is -1.98. The number of aromatic hydroxyl groups is 1. The van der Waals surface area contributed by atoms with E-state index >= 15 is 0 Å². The maximum absolute atomic E-state index is 9.43. The van der Waals surface area contributed by atoms with Gasteiger partial charge in [0.05, 0.1) is 0 Å². The van der Waals surface area contributed by atoms with Gasteiger partial charge in [0.15, 0.2) is 0 Å². The summed E-state index contributed by atoms with van der Waals surface area (Å²) < 4.78 is 0.954. The zero-order chi connectivity index (χ0) is 9.68. The molecule has 0 atom stereocenters. The highest BCUT2D eigenvalue weighted by molar-refractivity contribution is 9.10. The molecule has 0 aliphatic rings. The predicted octanol–water partition coefficient (Wildman–Crippen LogP) is 3.80. The fourth-order valence-corrected chi connectivity index (χ4v) is 1.44. The van der Waals surface area contributed by atoms with Gasteiger partial charge in [0.2, 0.25) is 0 Å². The number of benzene rings is 1. The van der Waals surface area contributed by atoms with Crippen molar-refractivity contribution in [1.29, 1.82) is 0 Å². The molecule has 0 saturated heterocycles. The summed E-state index contributed by atoms with van der Waals surface area (Å²) in [5.74, 6) is 0.889. The molecular formula is C10H10BrClO. The van der Waals surface area contributed by atoms with E-state index in [1.54, 1.807) is 12.1 Å². The molecule has 1 aromatic rings. The van der Waals surface area contributed by atoms with E-state index in [2.05, 4.69) is 15.9 Å². The van der Waals surface area contributed by atoms with Gasteiger partial charge < -0.3 is 5.11 Å². The number of phenolic OH excluding ortho intramolecular Hbond substituents is 1. The van der Waals surface area contributed by atoms with Crippen LogP contribution in [0.1, 0.15) is 12.0 Å². The summed E-state index contributed by atoms with van der Waals surface area (Å²) in [7, 11) is 0. The standard InChI is InChI=1S/C10H10BrClO/c11-9-4-5-10(13)8(7-9)3-1-2-6-12/h1,3-5,7,13H,2,6H2. The van der Waals surface area contributed by atoms with Crippen molar-refractivity contribution in [1.82, 2.24) is 0 Å². The van der Waals surface area contributed by atoms with Crippen molar-refractivity contribution >= 4 is 33.6 Å². The number of alkyl halides is 1. The van der Waals surface area contributed by atoms with Gasteiger partial charge in [0.1, 0.15) is 5.75 Å². The zero-order valence-electron chi connectivity index (χ0n) is 7.00. The van der Waals surface area contributed by atoms with E-state index in [1.165, 1.54) is 0 Å². The molecule has 0 unspecified atom stereocenters. The topological polar surface area (TPSA) is 20.2 Å². The first kappa shape index (κ1) is 10.6. The molecule has 1 nitrogen and oxygen atoms in total. The molecular weight excluding hydrogens is 251 g/mol. The van der Waals surface area contributed by atoms with E-state index in [0.717, 1.165) is 16.5 Å². The molecule has 0 fully saturated rings. The van der Waals surface area contributed by atoms with E-state index in [1.807, 2.05) is 18.2 Å². The molecule has 0 radical (unpaired) electrons. The van der Waals surface area contributed by atoms with Crippen LogP contribution in [0.3, 0.4) is 0 Å².